The van der Waals surface area contributed by atoms with E-state index >= 15 is 0 Å². The Hall–Kier alpha value is -4.00. The van der Waals surface area contributed by atoms with Crippen LogP contribution in [0.4, 0.5) is 5.69 Å². The molecule has 0 aromatic heterocycles. The van der Waals surface area contributed by atoms with Gasteiger partial charge in [0, 0.05) is 31.6 Å². The highest BCUT2D eigenvalue weighted by molar-refractivity contribution is 5.89. The fraction of sp³-hybridized carbons (Fsp3) is 0.231. The van der Waals surface area contributed by atoms with E-state index in [4.69, 9.17) is 0 Å². The van der Waals surface area contributed by atoms with Crippen molar-refractivity contribution in [1.82, 2.24) is 10.2 Å². The molecule has 1 atom stereocenters. The molecule has 3 aromatic rings. The Morgan fingerprint density at radius 3 is 2.30 bits per heavy atom. The van der Waals surface area contributed by atoms with Crippen molar-refractivity contribution in [3.8, 4) is 0 Å². The number of nitrogens with zero attached hydrogens (tertiary/aromatic N) is 2. The van der Waals surface area contributed by atoms with Crippen molar-refractivity contribution in [3.63, 3.8) is 0 Å². The Morgan fingerprint density at radius 2 is 1.64 bits per heavy atom. The number of likely N-dealkylation sites (N-methyl/N-ethyl adjacent to an activating group) is 1. The van der Waals surface area contributed by atoms with Crippen molar-refractivity contribution in [1.29, 1.82) is 0 Å². The van der Waals surface area contributed by atoms with Crippen LogP contribution >= 0.6 is 0 Å². The van der Waals surface area contributed by atoms with Crippen LogP contribution in [-0.2, 0) is 29.0 Å². The third-order valence-electron chi connectivity index (χ3n) is 5.48. The number of para-hydroxylation sites is 1. The number of nitro benzene ring substituents is 1. The molecule has 0 heterocycles. The number of rotatable bonds is 9. The van der Waals surface area contributed by atoms with Crippen LogP contribution in [0.15, 0.2) is 78.9 Å². The van der Waals surface area contributed by atoms with Crippen LogP contribution in [0.2, 0.25) is 0 Å². The summed E-state index contributed by atoms with van der Waals surface area (Å²) in [5.74, 6) is -0.641. The lowest BCUT2D eigenvalue weighted by Crippen LogP contribution is -2.50. The molecule has 0 saturated heterocycles. The average Bonchev–Trinajstić information content (AvgIpc) is 2.81. The minimum absolute atomic E-state index is 0.110. The molecule has 0 bridgehead atoms. The molecule has 3 aromatic carbocycles. The molecule has 0 fully saturated rings. The molecule has 0 radical (unpaired) electrons. The summed E-state index contributed by atoms with van der Waals surface area (Å²) in [4.78, 5) is 39.0. The van der Waals surface area contributed by atoms with Crippen LogP contribution in [0.5, 0.6) is 0 Å². The van der Waals surface area contributed by atoms with Gasteiger partial charge in [0.15, 0.2) is 0 Å². The van der Waals surface area contributed by atoms with E-state index in [0.717, 1.165) is 16.7 Å². The molecule has 170 valence electrons. The monoisotopic (exact) mass is 445 g/mol. The van der Waals surface area contributed by atoms with Gasteiger partial charge in [-0.05, 0) is 18.1 Å². The molecule has 0 aliphatic carbocycles. The summed E-state index contributed by atoms with van der Waals surface area (Å²) in [6.45, 7) is 2.18. The van der Waals surface area contributed by atoms with E-state index in [1.165, 1.54) is 18.0 Å². The van der Waals surface area contributed by atoms with Crippen LogP contribution in [0.1, 0.15) is 22.3 Å². The van der Waals surface area contributed by atoms with Gasteiger partial charge in [-0.3, -0.25) is 19.7 Å². The summed E-state index contributed by atoms with van der Waals surface area (Å²) in [5.41, 5.74) is 3.04. The lowest BCUT2D eigenvalue weighted by molar-refractivity contribution is -0.385. The van der Waals surface area contributed by atoms with Crippen molar-refractivity contribution in [2.75, 3.05) is 7.05 Å². The summed E-state index contributed by atoms with van der Waals surface area (Å²) in [5, 5.41) is 14.1. The van der Waals surface area contributed by atoms with Crippen molar-refractivity contribution in [2.24, 2.45) is 0 Å². The molecule has 0 saturated carbocycles. The fourth-order valence-corrected chi connectivity index (χ4v) is 3.83. The zero-order chi connectivity index (χ0) is 23.8. The second kappa shape index (κ2) is 11.0. The van der Waals surface area contributed by atoms with Gasteiger partial charge in [-0.15, -0.1) is 0 Å². The molecule has 1 N–H and O–H groups in total. The third kappa shape index (κ3) is 6.26. The van der Waals surface area contributed by atoms with E-state index in [1.807, 2.05) is 61.5 Å². The van der Waals surface area contributed by atoms with Crippen molar-refractivity contribution < 1.29 is 14.5 Å². The first kappa shape index (κ1) is 23.7. The highest BCUT2D eigenvalue weighted by Gasteiger charge is 2.31. The highest BCUT2D eigenvalue weighted by Crippen LogP contribution is 2.21. The van der Waals surface area contributed by atoms with Crippen LogP contribution in [0.3, 0.4) is 0 Å². The molecule has 1 unspecified atom stereocenters. The molecular weight excluding hydrogens is 418 g/mol. The van der Waals surface area contributed by atoms with Gasteiger partial charge in [-0.25, -0.2) is 0 Å². The predicted molar refractivity (Wildman–Crippen MR) is 127 cm³/mol. The number of hydrogen-bond donors (Lipinski definition) is 1. The van der Waals surface area contributed by atoms with Crippen molar-refractivity contribution >= 4 is 17.5 Å². The summed E-state index contributed by atoms with van der Waals surface area (Å²) in [6.07, 6.45) is 0.153. The van der Waals surface area contributed by atoms with Gasteiger partial charge < -0.3 is 10.2 Å². The van der Waals surface area contributed by atoms with E-state index in [2.05, 4.69) is 5.32 Å². The number of hydrogen-bond acceptors (Lipinski definition) is 4. The fourth-order valence-electron chi connectivity index (χ4n) is 3.83. The Bertz CT molecular complexity index is 1130. The van der Waals surface area contributed by atoms with Crippen LogP contribution < -0.4 is 5.32 Å². The normalized spacial score (nSPS) is 11.5. The minimum atomic E-state index is -0.770. The molecule has 33 heavy (non-hydrogen) atoms. The Balaban J connectivity index is 1.98. The molecule has 0 spiro atoms. The number of nitro groups is 1. The zero-order valence-electron chi connectivity index (χ0n) is 18.7. The minimum Gasteiger partial charge on any atom is -0.357 e. The standard InChI is InChI=1S/C26H27N3O4/c1-19-9-8-12-21(15-19)18-28(24(26(31)27-2)16-20-10-4-3-5-11-20)25(30)17-22-13-6-7-14-23(22)29(32)33/h3-15,24H,16-18H2,1-2H3,(H,27,31). The van der Waals surface area contributed by atoms with Crippen LogP contribution in [-0.4, -0.2) is 34.7 Å². The topological polar surface area (TPSA) is 92.6 Å². The molecular formula is C26H27N3O4. The van der Waals surface area contributed by atoms with Gasteiger partial charge in [-0.1, -0.05) is 78.4 Å². The van der Waals surface area contributed by atoms with Crippen LogP contribution in [0, 0.1) is 17.0 Å². The second-order valence-corrected chi connectivity index (χ2v) is 7.89. The predicted octanol–water partition coefficient (Wildman–Crippen LogP) is 3.83. The number of aryl methyl sites for hydroxylation is 1. The molecule has 0 aliphatic rings. The molecule has 7 heteroatoms. The highest BCUT2D eigenvalue weighted by atomic mass is 16.6. The zero-order valence-corrected chi connectivity index (χ0v) is 18.7. The van der Waals surface area contributed by atoms with Gasteiger partial charge in [0.25, 0.3) is 5.69 Å². The van der Waals surface area contributed by atoms with E-state index in [9.17, 15) is 19.7 Å². The number of benzene rings is 3. The first-order valence-corrected chi connectivity index (χ1v) is 10.7. The molecule has 0 aliphatic heterocycles. The maximum atomic E-state index is 13.6. The number of nitrogens with one attached hydrogen (secondary N) is 1. The number of carbonyl (C=O) groups excluding carboxylic acids is 2. The van der Waals surface area contributed by atoms with Crippen LogP contribution in [0.25, 0.3) is 0 Å². The lowest BCUT2D eigenvalue weighted by atomic mass is 10.0. The third-order valence-corrected chi connectivity index (χ3v) is 5.48. The van der Waals surface area contributed by atoms with Gasteiger partial charge in [0.2, 0.25) is 11.8 Å². The van der Waals surface area contributed by atoms with E-state index in [-0.39, 0.29) is 30.5 Å². The Labute approximate surface area is 193 Å². The first-order chi connectivity index (χ1) is 15.9. The van der Waals surface area contributed by atoms with E-state index in [1.54, 1.807) is 18.2 Å². The quantitative estimate of drug-likeness (QED) is 0.400. The van der Waals surface area contributed by atoms with Gasteiger partial charge in [0.05, 0.1) is 11.3 Å². The maximum absolute atomic E-state index is 13.6. The average molecular weight is 446 g/mol. The molecule has 3 rings (SSSR count). The largest absolute Gasteiger partial charge is 0.357 e. The Kier molecular flexibility index (Phi) is 7.91. The van der Waals surface area contributed by atoms with Gasteiger partial charge in [-0.2, -0.15) is 0 Å². The summed E-state index contributed by atoms with van der Waals surface area (Å²) < 4.78 is 0. The first-order valence-electron chi connectivity index (χ1n) is 10.7. The maximum Gasteiger partial charge on any atom is 0.273 e. The number of carbonyl (C=O) groups is 2. The second-order valence-electron chi connectivity index (χ2n) is 7.89. The van der Waals surface area contributed by atoms with Gasteiger partial charge >= 0.3 is 0 Å². The Morgan fingerprint density at radius 1 is 0.970 bits per heavy atom. The molecule has 2 amide bonds. The SMILES string of the molecule is CNC(=O)C(Cc1ccccc1)N(Cc1cccc(C)c1)C(=O)Cc1ccccc1[N+](=O)[O-]. The summed E-state index contributed by atoms with van der Waals surface area (Å²) in [6, 6.07) is 22.6. The smallest absolute Gasteiger partial charge is 0.273 e. The van der Waals surface area contributed by atoms with Crippen molar-refractivity contribution in [2.45, 2.75) is 32.4 Å². The van der Waals surface area contributed by atoms with Gasteiger partial charge in [0.1, 0.15) is 6.04 Å². The lowest BCUT2D eigenvalue weighted by Gasteiger charge is -2.31. The van der Waals surface area contributed by atoms with E-state index in [0.29, 0.717) is 12.0 Å². The van der Waals surface area contributed by atoms with Crippen molar-refractivity contribution in [3.05, 3.63) is 111 Å². The summed E-state index contributed by atoms with van der Waals surface area (Å²) in [7, 11) is 1.54. The summed E-state index contributed by atoms with van der Waals surface area (Å²) >= 11 is 0. The molecule has 7 nitrogen and oxygen atoms in total. The number of amides is 2. The van der Waals surface area contributed by atoms with E-state index < -0.39 is 11.0 Å².